The van der Waals surface area contributed by atoms with Crippen molar-refractivity contribution in [1.82, 2.24) is 4.90 Å². The molecule has 3 nitrogen and oxygen atoms in total. The predicted molar refractivity (Wildman–Crippen MR) is 71.8 cm³/mol. The van der Waals surface area contributed by atoms with Crippen LogP contribution in [0.2, 0.25) is 5.02 Å². The summed E-state index contributed by atoms with van der Waals surface area (Å²) in [6.07, 6.45) is 2.43. The monoisotopic (exact) mass is 267 g/mol. The van der Waals surface area contributed by atoms with E-state index in [0.29, 0.717) is 10.9 Å². The number of aliphatic carboxylic acids is 1. The minimum absolute atomic E-state index is 0.0374. The summed E-state index contributed by atoms with van der Waals surface area (Å²) in [4.78, 5) is 13.0. The average Bonchev–Trinajstić information content (AvgIpc) is 3.11. The number of nitrogens with zero attached hydrogens (tertiary/aromatic N) is 1. The van der Waals surface area contributed by atoms with Crippen molar-refractivity contribution in [3.63, 3.8) is 0 Å². The molecule has 1 atom stereocenters. The highest BCUT2D eigenvalue weighted by Gasteiger charge is 2.28. The van der Waals surface area contributed by atoms with Crippen molar-refractivity contribution < 1.29 is 9.90 Å². The Morgan fingerprint density at radius 3 is 2.72 bits per heavy atom. The fourth-order valence-electron chi connectivity index (χ4n) is 2.18. The van der Waals surface area contributed by atoms with Gasteiger partial charge in [0.2, 0.25) is 0 Å². The van der Waals surface area contributed by atoms with Crippen LogP contribution in [0.15, 0.2) is 24.3 Å². The Hall–Kier alpha value is -1.06. The van der Waals surface area contributed by atoms with Crippen molar-refractivity contribution in [2.24, 2.45) is 5.92 Å². The van der Waals surface area contributed by atoms with Crippen molar-refractivity contribution in [3.05, 3.63) is 34.9 Å². The molecule has 1 saturated carbocycles. The smallest absolute Gasteiger partial charge is 0.317 e. The van der Waals surface area contributed by atoms with Gasteiger partial charge >= 0.3 is 5.97 Å². The van der Waals surface area contributed by atoms with Crippen LogP contribution < -0.4 is 0 Å². The maximum Gasteiger partial charge on any atom is 0.317 e. The van der Waals surface area contributed by atoms with E-state index in [1.807, 2.05) is 36.1 Å². The summed E-state index contributed by atoms with van der Waals surface area (Å²) in [6.45, 7) is 2.94. The molecule has 0 aliphatic heterocycles. The van der Waals surface area contributed by atoms with Gasteiger partial charge in [-0.2, -0.15) is 0 Å². The summed E-state index contributed by atoms with van der Waals surface area (Å²) in [5.41, 5.74) is 1.00. The molecular weight excluding hydrogens is 250 g/mol. The molecule has 4 heteroatoms. The number of benzene rings is 1. The van der Waals surface area contributed by atoms with Gasteiger partial charge in [-0.15, -0.1) is 0 Å². The second kappa shape index (κ2) is 5.72. The number of halogens is 1. The maximum absolute atomic E-state index is 11.0. The number of hydrogen-bond acceptors (Lipinski definition) is 2. The lowest BCUT2D eigenvalue weighted by molar-refractivity contribution is -0.139. The molecule has 1 unspecified atom stereocenters. The Morgan fingerprint density at radius 1 is 1.50 bits per heavy atom. The topological polar surface area (TPSA) is 40.5 Å². The molecule has 0 saturated heterocycles. The highest BCUT2D eigenvalue weighted by atomic mass is 35.5. The van der Waals surface area contributed by atoms with Gasteiger partial charge in [0.05, 0.1) is 6.54 Å². The van der Waals surface area contributed by atoms with Crippen LogP contribution in [0, 0.1) is 5.92 Å². The number of carbonyl (C=O) groups is 1. The third-order valence-electron chi connectivity index (χ3n) is 3.43. The predicted octanol–water partition coefficient (Wildman–Crippen LogP) is 3.20. The van der Waals surface area contributed by atoms with Gasteiger partial charge in [0.25, 0.3) is 0 Å². The molecular formula is C14H18ClNO2. The standard InChI is InChI=1S/C14H18ClNO2/c1-10(12-4-2-3-5-13(12)15)16(9-14(17)18)8-11-6-7-11/h2-5,10-11H,6-9H2,1H3,(H,17,18). The zero-order valence-corrected chi connectivity index (χ0v) is 11.2. The Balaban J connectivity index is 2.13. The fourth-order valence-corrected chi connectivity index (χ4v) is 2.47. The van der Waals surface area contributed by atoms with E-state index in [4.69, 9.17) is 16.7 Å². The van der Waals surface area contributed by atoms with E-state index in [1.165, 1.54) is 12.8 Å². The first-order valence-electron chi connectivity index (χ1n) is 6.28. The average molecular weight is 268 g/mol. The van der Waals surface area contributed by atoms with Crippen molar-refractivity contribution in [3.8, 4) is 0 Å². The van der Waals surface area contributed by atoms with E-state index in [1.54, 1.807) is 0 Å². The van der Waals surface area contributed by atoms with E-state index < -0.39 is 5.97 Å². The molecule has 0 radical (unpaired) electrons. The van der Waals surface area contributed by atoms with E-state index in [-0.39, 0.29) is 12.6 Å². The van der Waals surface area contributed by atoms with E-state index in [9.17, 15) is 4.79 Å². The van der Waals surface area contributed by atoms with Crippen LogP contribution in [0.25, 0.3) is 0 Å². The normalized spacial score (nSPS) is 16.8. The lowest BCUT2D eigenvalue weighted by Crippen LogP contribution is -2.34. The first kappa shape index (κ1) is 13.4. The van der Waals surface area contributed by atoms with Crippen molar-refractivity contribution >= 4 is 17.6 Å². The van der Waals surface area contributed by atoms with Crippen molar-refractivity contribution in [1.29, 1.82) is 0 Å². The molecule has 0 heterocycles. The highest BCUT2D eigenvalue weighted by Crippen LogP contribution is 2.34. The largest absolute Gasteiger partial charge is 0.480 e. The lowest BCUT2D eigenvalue weighted by Gasteiger charge is -2.28. The first-order valence-corrected chi connectivity index (χ1v) is 6.66. The van der Waals surface area contributed by atoms with Gasteiger partial charge in [-0.1, -0.05) is 29.8 Å². The molecule has 18 heavy (non-hydrogen) atoms. The Morgan fingerprint density at radius 2 is 2.17 bits per heavy atom. The molecule has 1 fully saturated rings. The van der Waals surface area contributed by atoms with Crippen molar-refractivity contribution in [2.75, 3.05) is 13.1 Å². The first-order chi connectivity index (χ1) is 8.58. The molecule has 1 aromatic rings. The van der Waals surface area contributed by atoms with Crippen LogP contribution in [0.4, 0.5) is 0 Å². The summed E-state index contributed by atoms with van der Waals surface area (Å²) in [5, 5.41) is 9.71. The van der Waals surface area contributed by atoms with Crippen LogP contribution in [0.3, 0.4) is 0 Å². The van der Waals surface area contributed by atoms with Gasteiger partial charge in [0.15, 0.2) is 0 Å². The molecule has 2 rings (SSSR count). The third kappa shape index (κ3) is 3.47. The quantitative estimate of drug-likeness (QED) is 0.860. The van der Waals surface area contributed by atoms with Crippen LogP contribution >= 0.6 is 11.6 Å². The fraction of sp³-hybridized carbons (Fsp3) is 0.500. The zero-order valence-electron chi connectivity index (χ0n) is 10.5. The molecule has 98 valence electrons. The second-order valence-corrected chi connectivity index (χ2v) is 5.37. The summed E-state index contributed by atoms with van der Waals surface area (Å²) < 4.78 is 0. The Bertz CT molecular complexity index is 432. The van der Waals surface area contributed by atoms with Crippen molar-refractivity contribution in [2.45, 2.75) is 25.8 Å². The lowest BCUT2D eigenvalue weighted by atomic mass is 10.1. The minimum atomic E-state index is -0.783. The number of carboxylic acid groups (broad SMARTS) is 1. The SMILES string of the molecule is CC(c1ccccc1Cl)N(CC(=O)O)CC1CC1. The summed E-state index contributed by atoms with van der Waals surface area (Å²) in [7, 11) is 0. The van der Waals surface area contributed by atoms with Crippen LogP contribution in [0.1, 0.15) is 31.4 Å². The van der Waals surface area contributed by atoms with Gasteiger partial charge in [-0.3, -0.25) is 9.69 Å². The summed E-state index contributed by atoms with van der Waals surface area (Å²) in [6, 6.07) is 7.68. The summed E-state index contributed by atoms with van der Waals surface area (Å²) >= 11 is 6.18. The van der Waals surface area contributed by atoms with Crippen LogP contribution in [-0.2, 0) is 4.79 Å². The van der Waals surface area contributed by atoms with Crippen LogP contribution in [0.5, 0.6) is 0 Å². The maximum atomic E-state index is 11.0. The molecule has 1 aliphatic rings. The number of hydrogen-bond donors (Lipinski definition) is 1. The van der Waals surface area contributed by atoms with Crippen LogP contribution in [-0.4, -0.2) is 29.1 Å². The van der Waals surface area contributed by atoms with Gasteiger partial charge in [-0.05, 0) is 37.3 Å². The second-order valence-electron chi connectivity index (χ2n) is 4.96. The summed E-state index contributed by atoms with van der Waals surface area (Å²) in [5.74, 6) is -0.121. The molecule has 1 aromatic carbocycles. The molecule has 0 aromatic heterocycles. The van der Waals surface area contributed by atoms with Gasteiger partial charge in [-0.25, -0.2) is 0 Å². The van der Waals surface area contributed by atoms with E-state index in [0.717, 1.165) is 12.1 Å². The number of rotatable bonds is 6. The molecule has 1 aliphatic carbocycles. The third-order valence-corrected chi connectivity index (χ3v) is 3.78. The van der Waals surface area contributed by atoms with E-state index in [2.05, 4.69) is 0 Å². The number of carboxylic acids is 1. The van der Waals surface area contributed by atoms with Gasteiger partial charge in [0.1, 0.15) is 0 Å². The molecule has 0 spiro atoms. The minimum Gasteiger partial charge on any atom is -0.480 e. The molecule has 0 amide bonds. The van der Waals surface area contributed by atoms with E-state index >= 15 is 0 Å². The zero-order chi connectivity index (χ0) is 13.1. The Kier molecular flexibility index (Phi) is 4.25. The molecule has 1 N–H and O–H groups in total. The Labute approximate surface area is 112 Å². The van der Waals surface area contributed by atoms with Gasteiger partial charge in [0, 0.05) is 17.6 Å². The van der Waals surface area contributed by atoms with Gasteiger partial charge < -0.3 is 5.11 Å². The molecule has 0 bridgehead atoms. The highest BCUT2D eigenvalue weighted by molar-refractivity contribution is 6.31.